The number of hydrogen-bond acceptors (Lipinski definition) is 4. The van der Waals surface area contributed by atoms with Crippen LogP contribution < -0.4 is 10.5 Å². The minimum atomic E-state index is -3.77. The first-order valence-corrected chi connectivity index (χ1v) is 7.84. The second-order valence-corrected chi connectivity index (χ2v) is 6.51. The Hall–Kier alpha value is -1.12. The van der Waals surface area contributed by atoms with E-state index in [0.717, 1.165) is 0 Å². The van der Waals surface area contributed by atoms with Crippen LogP contribution in [-0.2, 0) is 14.8 Å². The Labute approximate surface area is 121 Å². The number of halogens is 1. The van der Waals surface area contributed by atoms with E-state index in [9.17, 15) is 13.2 Å². The number of nitrogens with one attached hydrogen (secondary N) is 1. The summed E-state index contributed by atoms with van der Waals surface area (Å²) in [5.41, 5.74) is 5.90. The maximum atomic E-state index is 12.1. The van der Waals surface area contributed by atoms with Crippen molar-refractivity contribution in [2.45, 2.75) is 11.8 Å². The zero-order chi connectivity index (χ0) is 14.6. The average Bonchev–Trinajstić information content (AvgIpc) is 2.37. The van der Waals surface area contributed by atoms with E-state index >= 15 is 0 Å². The van der Waals surface area contributed by atoms with Crippen LogP contribution in [0.4, 0.5) is 5.69 Å². The number of nitrogens with two attached hydrogens (primary N) is 1. The molecule has 0 fully saturated rings. The Morgan fingerprint density at radius 2 is 2.11 bits per heavy atom. The lowest BCUT2D eigenvalue weighted by Gasteiger charge is -2.15. The van der Waals surface area contributed by atoms with Gasteiger partial charge in [0.25, 0.3) is 0 Å². The molecule has 0 aliphatic rings. The molecule has 0 saturated carbocycles. The first-order chi connectivity index (χ1) is 8.77. The van der Waals surface area contributed by atoms with Gasteiger partial charge in [0, 0.05) is 23.8 Å². The maximum Gasteiger partial charge on any atom is 0.242 e. The molecule has 1 aromatic carbocycles. The number of likely N-dealkylation sites (N-methyl/N-ethyl adjacent to an activating group) is 1. The van der Waals surface area contributed by atoms with Gasteiger partial charge in [-0.15, -0.1) is 0 Å². The standard InChI is InChI=1S/C11H16BrN3O3S/c1-3-15(2)11(16)7-14-19(17,18)10-6-8(13)4-5-9(10)12/h4-6,14H,3,7,13H2,1-2H3. The second kappa shape index (κ2) is 6.36. The zero-order valence-corrected chi connectivity index (χ0v) is 13.1. The van der Waals surface area contributed by atoms with Crippen LogP contribution in [-0.4, -0.2) is 39.4 Å². The van der Waals surface area contributed by atoms with Crippen LogP contribution in [0.15, 0.2) is 27.6 Å². The predicted molar refractivity (Wildman–Crippen MR) is 77.1 cm³/mol. The van der Waals surface area contributed by atoms with Gasteiger partial charge in [-0.1, -0.05) is 0 Å². The third-order valence-corrected chi connectivity index (χ3v) is 4.95. The highest BCUT2D eigenvalue weighted by molar-refractivity contribution is 9.10. The number of anilines is 1. The van der Waals surface area contributed by atoms with Crippen LogP contribution in [0.25, 0.3) is 0 Å². The van der Waals surface area contributed by atoms with Crippen LogP contribution in [0.1, 0.15) is 6.92 Å². The molecule has 0 atom stereocenters. The minimum Gasteiger partial charge on any atom is -0.399 e. The number of amides is 1. The highest BCUT2D eigenvalue weighted by Crippen LogP contribution is 2.23. The molecule has 0 heterocycles. The summed E-state index contributed by atoms with van der Waals surface area (Å²) in [7, 11) is -2.17. The smallest absolute Gasteiger partial charge is 0.242 e. The fraction of sp³-hybridized carbons (Fsp3) is 0.364. The third-order valence-electron chi connectivity index (χ3n) is 2.56. The fourth-order valence-corrected chi connectivity index (χ4v) is 3.24. The molecule has 19 heavy (non-hydrogen) atoms. The van der Waals surface area contributed by atoms with Crippen molar-refractivity contribution in [2.24, 2.45) is 0 Å². The Morgan fingerprint density at radius 1 is 1.47 bits per heavy atom. The van der Waals surface area contributed by atoms with Crippen molar-refractivity contribution in [2.75, 3.05) is 25.9 Å². The van der Waals surface area contributed by atoms with Gasteiger partial charge >= 0.3 is 0 Å². The average molecular weight is 350 g/mol. The molecule has 106 valence electrons. The number of benzene rings is 1. The molecule has 0 aliphatic heterocycles. The lowest BCUT2D eigenvalue weighted by atomic mass is 10.3. The normalized spacial score (nSPS) is 11.3. The highest BCUT2D eigenvalue weighted by Gasteiger charge is 2.19. The summed E-state index contributed by atoms with van der Waals surface area (Å²) in [6.45, 7) is 2.04. The van der Waals surface area contributed by atoms with Crippen LogP contribution in [0.5, 0.6) is 0 Å². The van der Waals surface area contributed by atoms with E-state index in [1.54, 1.807) is 26.1 Å². The molecule has 8 heteroatoms. The monoisotopic (exact) mass is 349 g/mol. The number of nitrogen functional groups attached to an aromatic ring is 1. The van der Waals surface area contributed by atoms with Gasteiger partial charge in [0.05, 0.1) is 11.4 Å². The van der Waals surface area contributed by atoms with E-state index in [2.05, 4.69) is 20.7 Å². The van der Waals surface area contributed by atoms with Gasteiger partial charge in [-0.3, -0.25) is 4.79 Å². The molecule has 0 radical (unpaired) electrons. The molecule has 0 saturated heterocycles. The molecule has 0 aliphatic carbocycles. The fourth-order valence-electron chi connectivity index (χ4n) is 1.27. The lowest BCUT2D eigenvalue weighted by molar-refractivity contribution is -0.128. The summed E-state index contributed by atoms with van der Waals surface area (Å²) in [6.07, 6.45) is 0. The number of carbonyl (C=O) groups excluding carboxylic acids is 1. The second-order valence-electron chi connectivity index (χ2n) is 3.92. The van der Waals surface area contributed by atoms with E-state index in [-0.39, 0.29) is 17.3 Å². The van der Waals surface area contributed by atoms with Crippen LogP contribution >= 0.6 is 15.9 Å². The van der Waals surface area contributed by atoms with Crippen molar-refractivity contribution in [1.82, 2.24) is 9.62 Å². The van der Waals surface area contributed by atoms with E-state index in [1.165, 1.54) is 11.0 Å². The Morgan fingerprint density at radius 3 is 2.68 bits per heavy atom. The number of nitrogens with zero attached hydrogens (tertiary/aromatic N) is 1. The molecule has 1 amide bonds. The number of sulfonamides is 1. The summed E-state index contributed by atoms with van der Waals surface area (Å²) >= 11 is 3.15. The number of carbonyl (C=O) groups is 1. The maximum absolute atomic E-state index is 12.1. The Bertz CT molecular complexity index is 575. The number of rotatable bonds is 5. The van der Waals surface area contributed by atoms with Crippen molar-refractivity contribution < 1.29 is 13.2 Å². The molecule has 6 nitrogen and oxygen atoms in total. The quantitative estimate of drug-likeness (QED) is 0.768. The summed E-state index contributed by atoms with van der Waals surface area (Å²) in [5.74, 6) is -0.300. The molecule has 1 aromatic rings. The molecule has 0 bridgehead atoms. The molecule has 0 unspecified atom stereocenters. The van der Waals surface area contributed by atoms with Gasteiger partial charge in [0.1, 0.15) is 0 Å². The lowest BCUT2D eigenvalue weighted by Crippen LogP contribution is -2.38. The summed E-state index contributed by atoms with van der Waals surface area (Å²) < 4.78 is 26.8. The molecule has 3 N–H and O–H groups in total. The molecule has 1 rings (SSSR count). The zero-order valence-electron chi connectivity index (χ0n) is 10.7. The topological polar surface area (TPSA) is 92.5 Å². The van der Waals surface area contributed by atoms with Crippen LogP contribution in [0.3, 0.4) is 0 Å². The molecular formula is C11H16BrN3O3S. The first-order valence-electron chi connectivity index (χ1n) is 5.56. The van der Waals surface area contributed by atoms with Crippen molar-refractivity contribution in [3.05, 3.63) is 22.7 Å². The summed E-state index contributed by atoms with van der Waals surface area (Å²) in [4.78, 5) is 13.0. The molecule has 0 spiro atoms. The summed E-state index contributed by atoms with van der Waals surface area (Å²) in [6, 6.07) is 4.46. The Balaban J connectivity index is 2.88. The SMILES string of the molecule is CCN(C)C(=O)CNS(=O)(=O)c1cc(N)ccc1Br. The highest BCUT2D eigenvalue weighted by atomic mass is 79.9. The van der Waals surface area contributed by atoms with E-state index in [0.29, 0.717) is 16.7 Å². The van der Waals surface area contributed by atoms with Crippen LogP contribution in [0, 0.1) is 0 Å². The third kappa shape index (κ3) is 4.19. The van der Waals surface area contributed by atoms with E-state index < -0.39 is 10.0 Å². The van der Waals surface area contributed by atoms with Gasteiger partial charge in [-0.2, -0.15) is 0 Å². The van der Waals surface area contributed by atoms with Gasteiger partial charge < -0.3 is 10.6 Å². The predicted octanol–water partition coefficient (Wildman–Crippen LogP) is 0.788. The van der Waals surface area contributed by atoms with Gasteiger partial charge in [0.15, 0.2) is 0 Å². The Kier molecular flexibility index (Phi) is 5.33. The first kappa shape index (κ1) is 15.9. The molecular weight excluding hydrogens is 334 g/mol. The number of hydrogen-bond donors (Lipinski definition) is 2. The van der Waals surface area contributed by atoms with Gasteiger partial charge in [-0.05, 0) is 41.1 Å². The minimum absolute atomic E-state index is 0.0134. The van der Waals surface area contributed by atoms with E-state index in [4.69, 9.17) is 5.73 Å². The summed E-state index contributed by atoms with van der Waals surface area (Å²) in [5, 5.41) is 0. The van der Waals surface area contributed by atoms with Crippen molar-refractivity contribution in [1.29, 1.82) is 0 Å². The van der Waals surface area contributed by atoms with Crippen LogP contribution in [0.2, 0.25) is 0 Å². The van der Waals surface area contributed by atoms with Gasteiger partial charge in [0.2, 0.25) is 15.9 Å². The van der Waals surface area contributed by atoms with Crippen molar-refractivity contribution in [3.63, 3.8) is 0 Å². The van der Waals surface area contributed by atoms with Crippen molar-refractivity contribution in [3.8, 4) is 0 Å². The molecule has 0 aromatic heterocycles. The van der Waals surface area contributed by atoms with Crippen molar-refractivity contribution >= 4 is 37.5 Å². The largest absolute Gasteiger partial charge is 0.399 e. The van der Waals surface area contributed by atoms with Gasteiger partial charge in [-0.25, -0.2) is 13.1 Å². The van der Waals surface area contributed by atoms with E-state index in [1.807, 2.05) is 0 Å².